The maximum atomic E-state index is 6.43. The van der Waals surface area contributed by atoms with Gasteiger partial charge in [-0.05, 0) is 44.8 Å². The molecule has 3 nitrogen and oxygen atoms in total. The standard InChI is InChI=1S/C25H50O3S/c1-5-8-11-12-13-14-16-23(17-15-20-29-22-24-21-26-24)25(4,27-18-9-6-2)28-19-10-7-3/h23-24H,5-22H2,1-4H3. The molecule has 0 aromatic heterocycles. The molecule has 4 heteroatoms. The molecule has 0 aromatic rings. The monoisotopic (exact) mass is 430 g/mol. The summed E-state index contributed by atoms with van der Waals surface area (Å²) in [6.07, 6.45) is 16.9. The van der Waals surface area contributed by atoms with Gasteiger partial charge in [-0.25, -0.2) is 0 Å². The van der Waals surface area contributed by atoms with Gasteiger partial charge in [-0.2, -0.15) is 11.8 Å². The smallest absolute Gasteiger partial charge is 0.168 e. The molecule has 0 N–H and O–H groups in total. The van der Waals surface area contributed by atoms with Crippen LogP contribution in [-0.2, 0) is 14.2 Å². The van der Waals surface area contributed by atoms with Crippen LogP contribution in [0.2, 0.25) is 0 Å². The summed E-state index contributed by atoms with van der Waals surface area (Å²) in [4.78, 5) is 0. The van der Waals surface area contributed by atoms with E-state index < -0.39 is 5.79 Å². The van der Waals surface area contributed by atoms with Crippen LogP contribution in [0.25, 0.3) is 0 Å². The van der Waals surface area contributed by atoms with Crippen molar-refractivity contribution in [3.63, 3.8) is 0 Å². The topological polar surface area (TPSA) is 31.0 Å². The summed E-state index contributed by atoms with van der Waals surface area (Å²) in [5.74, 6) is 2.48. The van der Waals surface area contributed by atoms with Crippen molar-refractivity contribution in [1.29, 1.82) is 0 Å². The van der Waals surface area contributed by atoms with Gasteiger partial charge in [0, 0.05) is 11.7 Å². The van der Waals surface area contributed by atoms with Crippen molar-refractivity contribution >= 4 is 11.8 Å². The molecule has 0 radical (unpaired) electrons. The van der Waals surface area contributed by atoms with Crippen LogP contribution in [0.4, 0.5) is 0 Å². The molecular formula is C25H50O3S. The van der Waals surface area contributed by atoms with Crippen molar-refractivity contribution in [3.05, 3.63) is 0 Å². The van der Waals surface area contributed by atoms with Crippen LogP contribution in [0.15, 0.2) is 0 Å². The van der Waals surface area contributed by atoms with E-state index in [1.807, 2.05) is 0 Å². The molecular weight excluding hydrogens is 380 g/mol. The van der Waals surface area contributed by atoms with Gasteiger partial charge in [0.1, 0.15) is 0 Å². The van der Waals surface area contributed by atoms with Crippen LogP contribution in [0.5, 0.6) is 0 Å². The Morgan fingerprint density at radius 1 is 0.828 bits per heavy atom. The number of thioether (sulfide) groups is 1. The van der Waals surface area contributed by atoms with Crippen LogP contribution >= 0.6 is 11.8 Å². The highest BCUT2D eigenvalue weighted by Gasteiger charge is 2.35. The summed E-state index contributed by atoms with van der Waals surface area (Å²) >= 11 is 2.05. The first kappa shape index (κ1) is 27.3. The van der Waals surface area contributed by atoms with Gasteiger partial charge in [-0.3, -0.25) is 0 Å². The lowest BCUT2D eigenvalue weighted by Crippen LogP contribution is -2.41. The van der Waals surface area contributed by atoms with E-state index >= 15 is 0 Å². The van der Waals surface area contributed by atoms with Gasteiger partial charge in [0.2, 0.25) is 0 Å². The van der Waals surface area contributed by atoms with E-state index in [0.717, 1.165) is 32.7 Å². The number of epoxide rings is 1. The van der Waals surface area contributed by atoms with E-state index in [4.69, 9.17) is 14.2 Å². The first-order valence-electron chi connectivity index (χ1n) is 12.6. The number of ether oxygens (including phenoxy) is 3. The molecule has 1 fully saturated rings. The van der Waals surface area contributed by atoms with Crippen LogP contribution < -0.4 is 0 Å². The fraction of sp³-hybridized carbons (Fsp3) is 1.00. The van der Waals surface area contributed by atoms with Gasteiger partial charge in [0.15, 0.2) is 5.79 Å². The average Bonchev–Trinajstić information content (AvgIpc) is 3.53. The zero-order valence-electron chi connectivity index (χ0n) is 20.0. The second-order valence-electron chi connectivity index (χ2n) is 8.85. The van der Waals surface area contributed by atoms with Gasteiger partial charge in [-0.1, -0.05) is 72.1 Å². The Morgan fingerprint density at radius 2 is 1.38 bits per heavy atom. The van der Waals surface area contributed by atoms with Crippen molar-refractivity contribution in [2.45, 2.75) is 123 Å². The number of hydrogen-bond donors (Lipinski definition) is 0. The summed E-state index contributed by atoms with van der Waals surface area (Å²) < 4.78 is 18.2. The molecule has 1 saturated heterocycles. The summed E-state index contributed by atoms with van der Waals surface area (Å²) in [6, 6.07) is 0. The van der Waals surface area contributed by atoms with Crippen LogP contribution in [-0.4, -0.2) is 43.2 Å². The van der Waals surface area contributed by atoms with Crippen LogP contribution in [0.3, 0.4) is 0 Å². The summed E-state index contributed by atoms with van der Waals surface area (Å²) in [5.41, 5.74) is 0. The Bertz CT molecular complexity index is 350. The summed E-state index contributed by atoms with van der Waals surface area (Å²) in [6.45, 7) is 11.6. The van der Waals surface area contributed by atoms with Crippen molar-refractivity contribution in [3.8, 4) is 0 Å². The zero-order valence-corrected chi connectivity index (χ0v) is 20.8. The Hall–Kier alpha value is 0.230. The minimum Gasteiger partial charge on any atom is -0.372 e. The van der Waals surface area contributed by atoms with Crippen molar-refractivity contribution in [2.24, 2.45) is 5.92 Å². The lowest BCUT2D eigenvalue weighted by atomic mass is 9.88. The second-order valence-corrected chi connectivity index (χ2v) is 10.00. The van der Waals surface area contributed by atoms with Crippen molar-refractivity contribution < 1.29 is 14.2 Å². The summed E-state index contributed by atoms with van der Waals surface area (Å²) in [5, 5.41) is 0. The van der Waals surface area contributed by atoms with Crippen LogP contribution in [0, 0.1) is 5.92 Å². The minimum absolute atomic E-state index is 0.419. The Labute approximate surface area is 186 Å². The molecule has 1 aliphatic heterocycles. The zero-order chi connectivity index (χ0) is 21.2. The fourth-order valence-corrected chi connectivity index (χ4v) is 4.76. The molecule has 0 aromatic carbocycles. The van der Waals surface area contributed by atoms with E-state index in [2.05, 4.69) is 39.5 Å². The first-order chi connectivity index (χ1) is 14.2. The Morgan fingerprint density at radius 3 is 1.97 bits per heavy atom. The summed E-state index contributed by atoms with van der Waals surface area (Å²) in [7, 11) is 0. The highest BCUT2D eigenvalue weighted by molar-refractivity contribution is 7.99. The normalized spacial score (nSPS) is 17.6. The number of rotatable bonds is 22. The molecule has 1 aliphatic rings. The van der Waals surface area contributed by atoms with E-state index in [1.54, 1.807) is 0 Å². The average molecular weight is 431 g/mol. The van der Waals surface area contributed by atoms with Crippen molar-refractivity contribution in [2.75, 3.05) is 31.3 Å². The highest BCUT2D eigenvalue weighted by atomic mass is 32.2. The lowest BCUT2D eigenvalue weighted by molar-refractivity contribution is -0.259. The van der Waals surface area contributed by atoms with Gasteiger partial charge in [-0.15, -0.1) is 0 Å². The van der Waals surface area contributed by atoms with Gasteiger partial charge < -0.3 is 14.2 Å². The van der Waals surface area contributed by atoms with E-state index in [1.165, 1.54) is 82.1 Å². The van der Waals surface area contributed by atoms with Gasteiger partial charge in [0.25, 0.3) is 0 Å². The molecule has 0 amide bonds. The highest BCUT2D eigenvalue weighted by Crippen LogP contribution is 2.33. The molecule has 1 heterocycles. The molecule has 0 aliphatic carbocycles. The molecule has 1 rings (SSSR count). The van der Waals surface area contributed by atoms with E-state index in [-0.39, 0.29) is 0 Å². The third-order valence-corrected chi connectivity index (χ3v) is 7.15. The molecule has 2 unspecified atom stereocenters. The second kappa shape index (κ2) is 17.9. The van der Waals surface area contributed by atoms with Crippen LogP contribution in [0.1, 0.15) is 111 Å². The van der Waals surface area contributed by atoms with Gasteiger partial charge in [0.05, 0.1) is 25.9 Å². The third kappa shape index (κ3) is 14.0. The number of unbranched alkanes of at least 4 members (excludes halogenated alkanes) is 7. The molecule has 2 atom stereocenters. The fourth-order valence-electron chi connectivity index (χ4n) is 3.77. The predicted molar refractivity (Wildman–Crippen MR) is 128 cm³/mol. The maximum absolute atomic E-state index is 6.43. The molecule has 0 bridgehead atoms. The van der Waals surface area contributed by atoms with Gasteiger partial charge >= 0.3 is 0 Å². The number of hydrogen-bond acceptors (Lipinski definition) is 4. The molecule has 29 heavy (non-hydrogen) atoms. The Kier molecular flexibility index (Phi) is 16.8. The first-order valence-corrected chi connectivity index (χ1v) is 13.8. The van der Waals surface area contributed by atoms with Crippen molar-refractivity contribution in [1.82, 2.24) is 0 Å². The predicted octanol–water partition coefficient (Wildman–Crippen LogP) is 7.62. The maximum Gasteiger partial charge on any atom is 0.168 e. The van der Waals surface area contributed by atoms with E-state index in [9.17, 15) is 0 Å². The SMILES string of the molecule is CCCCCCCCC(CCCSCC1CO1)C(C)(OCCCC)OCCCC. The molecule has 0 saturated carbocycles. The van der Waals surface area contributed by atoms with E-state index in [0.29, 0.717) is 12.0 Å². The minimum atomic E-state index is -0.419. The molecule has 174 valence electrons. The quantitative estimate of drug-likeness (QED) is 0.100. The lowest BCUT2D eigenvalue weighted by Gasteiger charge is -2.38. The third-order valence-electron chi connectivity index (χ3n) is 5.97. The Balaban J connectivity index is 2.52. The molecule has 0 spiro atoms. The largest absolute Gasteiger partial charge is 0.372 e.